The Hall–Kier alpha value is -1.40. The van der Waals surface area contributed by atoms with Gasteiger partial charge in [0, 0.05) is 11.6 Å². The summed E-state index contributed by atoms with van der Waals surface area (Å²) >= 11 is 0. The van der Waals surface area contributed by atoms with Gasteiger partial charge >= 0.3 is 0 Å². The molecule has 6 heteroatoms. The molecule has 0 aromatic carbocycles. The molecule has 4 rings (SSSR count). The molecule has 8 atom stereocenters. The number of hydrazone groups is 1. The third-order valence-corrected chi connectivity index (χ3v) is 9.59. The second-order valence-electron chi connectivity index (χ2n) is 10.6. The van der Waals surface area contributed by atoms with Crippen LogP contribution in [0.4, 0.5) is 0 Å². The topological polar surface area (TPSA) is 115 Å². The summed E-state index contributed by atoms with van der Waals surface area (Å²) in [6.07, 6.45) is 15.0. The van der Waals surface area contributed by atoms with Crippen LogP contribution in [-0.2, 0) is 0 Å². The van der Waals surface area contributed by atoms with E-state index in [4.69, 9.17) is 11.1 Å². The van der Waals surface area contributed by atoms with Crippen molar-refractivity contribution in [3.63, 3.8) is 0 Å². The van der Waals surface area contributed by atoms with Crippen molar-refractivity contribution in [2.75, 3.05) is 0 Å². The Morgan fingerprint density at radius 2 is 1.90 bits per heavy atom. The number of nitrogens with two attached hydrogens (primary N) is 1. The lowest BCUT2D eigenvalue weighted by Gasteiger charge is -2.63. The van der Waals surface area contributed by atoms with Crippen LogP contribution in [0.2, 0.25) is 0 Å². The maximum Gasteiger partial charge on any atom is 0.206 e. The van der Waals surface area contributed by atoms with Gasteiger partial charge in [-0.2, -0.15) is 5.10 Å². The minimum Gasteiger partial charge on any atom is -0.393 e. The standard InChI is InChI=1S/C23H38N4O2/c1-21-10-8-17(28)14-16(21)5-6-19-18(21)9-11-22(2)15(7-12-23(19,22)29)4-3-13-26-27-20(24)25/h3-4,13,15-19,28-29H,5-12,14H2,1-2H3,(H4,24,25,27)/t15-,16+,17-,18-,19+,21-,22+,23-/m0/s1. The number of hydrogen-bond acceptors (Lipinski definition) is 4. The molecule has 0 amide bonds. The molecule has 4 fully saturated rings. The number of fused-ring (bicyclic) bond motifs is 5. The van der Waals surface area contributed by atoms with Crippen molar-refractivity contribution in [3.8, 4) is 0 Å². The van der Waals surface area contributed by atoms with E-state index in [0.717, 1.165) is 51.4 Å². The number of hydrogen-bond donors (Lipinski definition) is 5. The van der Waals surface area contributed by atoms with E-state index in [0.29, 0.717) is 23.7 Å². The van der Waals surface area contributed by atoms with Gasteiger partial charge in [-0.15, -0.1) is 0 Å². The van der Waals surface area contributed by atoms with E-state index in [-0.39, 0.29) is 22.9 Å². The third kappa shape index (κ3) is 3.23. The van der Waals surface area contributed by atoms with Crippen LogP contribution in [0.1, 0.15) is 71.6 Å². The monoisotopic (exact) mass is 402 g/mol. The molecule has 0 radical (unpaired) electrons. The lowest BCUT2D eigenvalue weighted by molar-refractivity contribution is -0.207. The van der Waals surface area contributed by atoms with E-state index < -0.39 is 5.60 Å². The van der Waals surface area contributed by atoms with Crippen LogP contribution < -0.4 is 11.2 Å². The fraction of sp³-hybridized carbons (Fsp3) is 0.826. The van der Waals surface area contributed by atoms with Gasteiger partial charge in [-0.05, 0) is 93.0 Å². The molecule has 6 nitrogen and oxygen atoms in total. The molecule has 162 valence electrons. The summed E-state index contributed by atoms with van der Waals surface area (Å²) in [7, 11) is 0. The molecule has 4 saturated carbocycles. The number of nitrogens with zero attached hydrogens (tertiary/aromatic N) is 1. The van der Waals surface area contributed by atoms with Gasteiger partial charge in [0.2, 0.25) is 5.96 Å². The zero-order chi connectivity index (χ0) is 20.9. The van der Waals surface area contributed by atoms with E-state index in [9.17, 15) is 10.2 Å². The predicted molar refractivity (Wildman–Crippen MR) is 115 cm³/mol. The number of rotatable bonds is 3. The van der Waals surface area contributed by atoms with Crippen molar-refractivity contribution in [1.29, 1.82) is 5.41 Å². The first kappa shape index (κ1) is 20.9. The predicted octanol–water partition coefficient (Wildman–Crippen LogP) is 3.15. The van der Waals surface area contributed by atoms with E-state index in [1.54, 1.807) is 6.21 Å². The molecular weight excluding hydrogens is 364 g/mol. The minimum absolute atomic E-state index is 0.0934. The molecule has 0 unspecified atom stereocenters. The second-order valence-corrected chi connectivity index (χ2v) is 10.6. The lowest BCUT2D eigenvalue weighted by Crippen LogP contribution is -2.62. The molecule has 0 aliphatic heterocycles. The number of guanidine groups is 1. The molecule has 0 spiro atoms. The molecule has 0 bridgehead atoms. The minimum atomic E-state index is -0.594. The van der Waals surface area contributed by atoms with Gasteiger partial charge < -0.3 is 15.9 Å². The number of nitrogens with one attached hydrogen (secondary N) is 2. The summed E-state index contributed by atoms with van der Waals surface area (Å²) < 4.78 is 0. The highest BCUT2D eigenvalue weighted by Gasteiger charge is 2.66. The fourth-order valence-corrected chi connectivity index (χ4v) is 7.89. The van der Waals surface area contributed by atoms with Crippen molar-refractivity contribution < 1.29 is 10.2 Å². The molecule has 0 saturated heterocycles. The van der Waals surface area contributed by atoms with Gasteiger partial charge in [0.15, 0.2) is 0 Å². The highest BCUT2D eigenvalue weighted by atomic mass is 16.3. The molecule has 6 N–H and O–H groups in total. The van der Waals surface area contributed by atoms with Gasteiger partial charge in [-0.1, -0.05) is 19.9 Å². The SMILES string of the molecule is C[C@]12CC[C@H](O)C[C@H]1CC[C@@H]1[C@@H]2CC[C@]2(C)[C@@H](C=CC=NNC(=N)N)CC[C@]12O. The number of allylic oxidation sites excluding steroid dienone is 2. The van der Waals surface area contributed by atoms with Crippen LogP contribution >= 0.6 is 0 Å². The Morgan fingerprint density at radius 1 is 1.10 bits per heavy atom. The Morgan fingerprint density at radius 3 is 2.66 bits per heavy atom. The first-order valence-electron chi connectivity index (χ1n) is 11.4. The van der Waals surface area contributed by atoms with Gasteiger partial charge in [0.05, 0.1) is 11.7 Å². The summed E-state index contributed by atoms with van der Waals surface area (Å²) in [4.78, 5) is 0. The van der Waals surface area contributed by atoms with Gasteiger partial charge in [0.1, 0.15) is 0 Å². The zero-order valence-electron chi connectivity index (χ0n) is 17.9. The Balaban J connectivity index is 1.53. The maximum absolute atomic E-state index is 12.1. The second kappa shape index (κ2) is 7.38. The lowest BCUT2D eigenvalue weighted by atomic mass is 9.43. The first-order chi connectivity index (χ1) is 13.7. The average molecular weight is 403 g/mol. The van der Waals surface area contributed by atoms with E-state index in [2.05, 4.69) is 30.5 Å². The van der Waals surface area contributed by atoms with Gasteiger partial charge in [0.25, 0.3) is 0 Å². The molecule has 4 aliphatic carbocycles. The summed E-state index contributed by atoms with van der Waals surface area (Å²) in [5.74, 6) is 1.74. The molecule has 0 heterocycles. The van der Waals surface area contributed by atoms with E-state index in [1.807, 2.05) is 6.08 Å². The maximum atomic E-state index is 12.1. The largest absolute Gasteiger partial charge is 0.393 e. The van der Waals surface area contributed by atoms with Gasteiger partial charge in [-0.25, -0.2) is 5.43 Å². The van der Waals surface area contributed by atoms with Crippen molar-refractivity contribution in [3.05, 3.63) is 12.2 Å². The van der Waals surface area contributed by atoms with Crippen molar-refractivity contribution in [2.45, 2.75) is 83.3 Å². The third-order valence-electron chi connectivity index (χ3n) is 9.59. The number of aliphatic hydroxyl groups excluding tert-OH is 1. The molecule has 4 aliphatic rings. The van der Waals surface area contributed by atoms with E-state index >= 15 is 0 Å². The fourth-order valence-electron chi connectivity index (χ4n) is 7.89. The molecule has 29 heavy (non-hydrogen) atoms. The normalized spacial score (nSPS) is 49.6. The van der Waals surface area contributed by atoms with Crippen molar-refractivity contribution in [2.24, 2.45) is 45.3 Å². The smallest absolute Gasteiger partial charge is 0.206 e. The van der Waals surface area contributed by atoms with Crippen LogP contribution in [0.3, 0.4) is 0 Å². The number of aliphatic hydroxyl groups is 2. The Bertz CT molecular complexity index is 709. The van der Waals surface area contributed by atoms with E-state index in [1.165, 1.54) is 6.42 Å². The summed E-state index contributed by atoms with van der Waals surface area (Å²) in [5, 5.41) is 33.3. The zero-order valence-corrected chi connectivity index (χ0v) is 17.9. The van der Waals surface area contributed by atoms with Crippen LogP contribution in [0.25, 0.3) is 0 Å². The highest BCUT2D eigenvalue weighted by Crippen LogP contribution is 2.69. The summed E-state index contributed by atoms with van der Waals surface area (Å²) in [6.45, 7) is 4.76. The van der Waals surface area contributed by atoms with Crippen molar-refractivity contribution >= 4 is 12.2 Å². The van der Waals surface area contributed by atoms with Crippen LogP contribution in [0.5, 0.6) is 0 Å². The average Bonchev–Trinajstić information content (AvgIpc) is 2.93. The first-order valence-corrected chi connectivity index (χ1v) is 11.4. The van der Waals surface area contributed by atoms with Crippen LogP contribution in [-0.4, -0.2) is 34.1 Å². The van der Waals surface area contributed by atoms with Crippen LogP contribution in [0.15, 0.2) is 17.3 Å². The Kier molecular flexibility index (Phi) is 5.31. The Labute approximate surface area is 174 Å². The summed E-state index contributed by atoms with van der Waals surface area (Å²) in [6, 6.07) is 0. The summed E-state index contributed by atoms with van der Waals surface area (Å²) in [5.41, 5.74) is 7.25. The van der Waals surface area contributed by atoms with Gasteiger partial charge in [-0.3, -0.25) is 5.41 Å². The van der Waals surface area contributed by atoms with Crippen LogP contribution in [0, 0.1) is 39.9 Å². The highest BCUT2D eigenvalue weighted by molar-refractivity contribution is 5.77. The molecule has 0 aromatic heterocycles. The quantitative estimate of drug-likeness (QED) is 0.283. The molecular formula is C23H38N4O2. The molecule has 0 aromatic rings. The van der Waals surface area contributed by atoms with Crippen molar-refractivity contribution in [1.82, 2.24) is 5.43 Å².